The predicted molar refractivity (Wildman–Crippen MR) is 138 cm³/mol. The van der Waals surface area contributed by atoms with Crippen molar-refractivity contribution in [2.24, 2.45) is 0 Å². The van der Waals surface area contributed by atoms with E-state index in [0.717, 1.165) is 22.8 Å². The highest BCUT2D eigenvalue weighted by Gasteiger charge is 2.37. The molecule has 0 aliphatic heterocycles. The molecule has 0 unspecified atom stereocenters. The van der Waals surface area contributed by atoms with Gasteiger partial charge >= 0.3 is 5.97 Å². The number of carboxylic acids is 1. The summed E-state index contributed by atoms with van der Waals surface area (Å²) in [6, 6.07) is 15.8. The quantitative estimate of drug-likeness (QED) is 0.364. The molecule has 0 amide bonds. The fraction of sp³-hybridized carbons (Fsp3) is 0.345. The molecule has 33 heavy (non-hydrogen) atoms. The van der Waals surface area contributed by atoms with E-state index in [2.05, 4.69) is 52.0 Å². The maximum atomic E-state index is 11.1. The van der Waals surface area contributed by atoms with Crippen LogP contribution in [0.2, 0.25) is 0 Å². The van der Waals surface area contributed by atoms with Crippen molar-refractivity contribution >= 4 is 29.9 Å². The number of thioether (sulfide) groups is 1. The summed E-state index contributed by atoms with van der Waals surface area (Å²) in [6.45, 7) is 9.43. The Kier molecular flexibility index (Phi) is 6.58. The highest BCUT2D eigenvalue weighted by atomic mass is 32.2. The van der Waals surface area contributed by atoms with Gasteiger partial charge in [0.2, 0.25) is 0 Å². The highest BCUT2D eigenvalue weighted by molar-refractivity contribution is 7.97. The third-order valence-corrected chi connectivity index (χ3v) is 7.81. The van der Waals surface area contributed by atoms with Gasteiger partial charge < -0.3 is 9.52 Å². The molecule has 3 aromatic rings. The molecule has 1 N–H and O–H groups in total. The number of carboxylic acid groups (broad SMARTS) is 1. The summed E-state index contributed by atoms with van der Waals surface area (Å²) in [4.78, 5) is 11.1. The van der Waals surface area contributed by atoms with E-state index in [1.165, 1.54) is 35.1 Å². The molecule has 172 valence electrons. The highest BCUT2D eigenvalue weighted by Crippen LogP contribution is 2.47. The van der Waals surface area contributed by atoms with Gasteiger partial charge in [0.05, 0.1) is 17.6 Å². The molecular formula is C29H32O3S. The summed E-state index contributed by atoms with van der Waals surface area (Å²) in [7, 11) is 0. The third-order valence-electron chi connectivity index (χ3n) is 6.81. The molecule has 1 aromatic heterocycles. The lowest BCUT2D eigenvalue weighted by molar-refractivity contribution is 0.0697. The zero-order valence-corrected chi connectivity index (χ0v) is 20.7. The zero-order valence-electron chi connectivity index (χ0n) is 19.9. The molecular weight excluding hydrogens is 428 g/mol. The molecule has 0 saturated heterocycles. The average Bonchev–Trinajstić information content (AvgIpc) is 3.29. The van der Waals surface area contributed by atoms with Crippen LogP contribution in [0, 0.1) is 0 Å². The van der Waals surface area contributed by atoms with E-state index in [4.69, 9.17) is 9.52 Å². The second-order valence-electron chi connectivity index (χ2n) is 10.2. The van der Waals surface area contributed by atoms with Gasteiger partial charge in [-0.2, -0.15) is 0 Å². The summed E-state index contributed by atoms with van der Waals surface area (Å²) in [5.41, 5.74) is 7.08. The summed E-state index contributed by atoms with van der Waals surface area (Å²) in [5, 5.41) is 9.15. The van der Waals surface area contributed by atoms with Crippen LogP contribution in [0.4, 0.5) is 0 Å². The maximum absolute atomic E-state index is 11.1. The van der Waals surface area contributed by atoms with Gasteiger partial charge in [0.15, 0.2) is 0 Å². The molecule has 0 atom stereocenters. The molecule has 1 heterocycles. The van der Waals surface area contributed by atoms with Crippen LogP contribution < -0.4 is 0 Å². The first-order chi connectivity index (χ1) is 15.7. The van der Waals surface area contributed by atoms with Crippen molar-refractivity contribution in [1.82, 2.24) is 0 Å². The van der Waals surface area contributed by atoms with Crippen molar-refractivity contribution in [3.05, 3.63) is 93.9 Å². The average molecular weight is 461 g/mol. The maximum Gasteiger partial charge on any atom is 0.335 e. The summed E-state index contributed by atoms with van der Waals surface area (Å²) < 4.78 is 5.51. The molecule has 0 radical (unpaired) electrons. The van der Waals surface area contributed by atoms with Gasteiger partial charge in [-0.3, -0.25) is 0 Å². The molecule has 0 saturated carbocycles. The fourth-order valence-electron chi connectivity index (χ4n) is 4.53. The molecule has 4 rings (SSSR count). The minimum atomic E-state index is -0.902. The minimum absolute atomic E-state index is 0.149. The van der Waals surface area contributed by atoms with Crippen LogP contribution in [-0.4, -0.2) is 11.1 Å². The second-order valence-corrected chi connectivity index (χ2v) is 11.2. The van der Waals surface area contributed by atoms with E-state index in [1.807, 2.05) is 36.0 Å². The molecule has 0 bridgehead atoms. The van der Waals surface area contributed by atoms with E-state index in [1.54, 1.807) is 18.4 Å². The number of carbonyl (C=O) groups is 1. The molecule has 2 aromatic carbocycles. The van der Waals surface area contributed by atoms with E-state index >= 15 is 0 Å². The first kappa shape index (κ1) is 23.4. The van der Waals surface area contributed by atoms with Gasteiger partial charge in [0.25, 0.3) is 0 Å². The molecule has 1 aliphatic carbocycles. The van der Waals surface area contributed by atoms with Crippen LogP contribution in [0.25, 0.3) is 12.2 Å². The van der Waals surface area contributed by atoms with Crippen LogP contribution in [0.1, 0.15) is 84.5 Å². The van der Waals surface area contributed by atoms with Gasteiger partial charge in [0, 0.05) is 5.75 Å². The van der Waals surface area contributed by atoms with Gasteiger partial charge in [-0.1, -0.05) is 64.1 Å². The number of hydrogen-bond donors (Lipinski definition) is 1. The molecule has 0 spiro atoms. The van der Waals surface area contributed by atoms with Crippen LogP contribution in [-0.2, 0) is 22.3 Å². The summed E-state index contributed by atoms with van der Waals surface area (Å²) in [6.07, 6.45) is 8.35. The Labute approximate surface area is 200 Å². The Hall–Kier alpha value is -2.72. The molecule has 1 aliphatic rings. The van der Waals surface area contributed by atoms with E-state index in [-0.39, 0.29) is 10.8 Å². The standard InChI is InChI=1S/C29H32O3S/c1-28(2)13-14-29(3,4)26-17-23(18-33-19-24-6-5-15-32-24)22(16-25(26)28)12-9-20-7-10-21(11-8-20)27(30)31/h5-12,15-17H,13-14,18-19H2,1-4H3,(H,30,31)/b12-9+. The normalized spacial score (nSPS) is 16.6. The number of fused-ring (bicyclic) bond motifs is 1. The van der Waals surface area contributed by atoms with E-state index in [9.17, 15) is 4.79 Å². The minimum Gasteiger partial charge on any atom is -0.478 e. The predicted octanol–water partition coefficient (Wildman–Crippen LogP) is 7.93. The lowest BCUT2D eigenvalue weighted by Gasteiger charge is -2.42. The van der Waals surface area contributed by atoms with Gasteiger partial charge in [0.1, 0.15) is 5.76 Å². The largest absolute Gasteiger partial charge is 0.478 e. The van der Waals surface area contributed by atoms with Gasteiger partial charge in [-0.15, -0.1) is 11.8 Å². The summed E-state index contributed by atoms with van der Waals surface area (Å²) in [5.74, 6) is 1.84. The summed E-state index contributed by atoms with van der Waals surface area (Å²) >= 11 is 1.86. The first-order valence-electron chi connectivity index (χ1n) is 11.5. The monoisotopic (exact) mass is 460 g/mol. The Morgan fingerprint density at radius 1 is 0.970 bits per heavy atom. The van der Waals surface area contributed by atoms with Crippen molar-refractivity contribution < 1.29 is 14.3 Å². The molecule has 3 nitrogen and oxygen atoms in total. The van der Waals surface area contributed by atoms with Crippen molar-refractivity contribution in [2.45, 2.75) is 62.9 Å². The number of furan rings is 1. The fourth-order valence-corrected chi connectivity index (χ4v) is 5.47. The number of rotatable bonds is 7. The van der Waals surface area contributed by atoms with Crippen LogP contribution >= 0.6 is 11.8 Å². The topological polar surface area (TPSA) is 50.4 Å². The zero-order chi connectivity index (χ0) is 23.6. The Bertz CT molecular complexity index is 1150. The van der Waals surface area contributed by atoms with Crippen molar-refractivity contribution in [3.8, 4) is 0 Å². The second kappa shape index (κ2) is 9.26. The van der Waals surface area contributed by atoms with Crippen molar-refractivity contribution in [3.63, 3.8) is 0 Å². The van der Waals surface area contributed by atoms with Crippen LogP contribution in [0.15, 0.2) is 59.2 Å². The van der Waals surface area contributed by atoms with Crippen molar-refractivity contribution in [2.75, 3.05) is 0 Å². The first-order valence-corrected chi connectivity index (χ1v) is 12.6. The lowest BCUT2D eigenvalue weighted by Crippen LogP contribution is -2.34. The van der Waals surface area contributed by atoms with Crippen molar-refractivity contribution in [1.29, 1.82) is 0 Å². The van der Waals surface area contributed by atoms with E-state index < -0.39 is 5.97 Å². The number of aromatic carboxylic acids is 1. The SMILES string of the molecule is CC1(C)CCC(C)(C)c2cc(CSCc3ccco3)c(/C=C/c3ccc(C(=O)O)cc3)cc21. The Balaban J connectivity index is 1.68. The number of hydrogen-bond acceptors (Lipinski definition) is 3. The Morgan fingerprint density at radius 3 is 2.24 bits per heavy atom. The van der Waals surface area contributed by atoms with Crippen LogP contribution in [0.3, 0.4) is 0 Å². The van der Waals surface area contributed by atoms with Crippen LogP contribution in [0.5, 0.6) is 0 Å². The number of benzene rings is 2. The molecule has 4 heteroatoms. The molecule has 0 fully saturated rings. The van der Waals surface area contributed by atoms with Gasteiger partial charge in [-0.05, 0) is 75.8 Å². The van der Waals surface area contributed by atoms with Gasteiger partial charge in [-0.25, -0.2) is 4.79 Å². The third kappa shape index (κ3) is 5.27. The lowest BCUT2D eigenvalue weighted by atomic mass is 9.62. The Morgan fingerprint density at radius 2 is 1.64 bits per heavy atom. The van der Waals surface area contributed by atoms with E-state index in [0.29, 0.717) is 5.56 Å². The smallest absolute Gasteiger partial charge is 0.335 e.